The van der Waals surface area contributed by atoms with Gasteiger partial charge < -0.3 is 14.4 Å². The maximum Gasteiger partial charge on any atom is 0.181 e. The molecule has 1 aliphatic rings. The van der Waals surface area contributed by atoms with E-state index in [-0.39, 0.29) is 0 Å². The highest BCUT2D eigenvalue weighted by atomic mass is 28.3. The molecular weight excluding hydrogens is 887 g/mol. The maximum absolute atomic E-state index is 3.40. The minimum absolute atomic E-state index is 1.10. The molecule has 3 nitrogen and oxygen atoms in total. The van der Waals surface area contributed by atoms with E-state index >= 15 is 0 Å². The van der Waals surface area contributed by atoms with E-state index in [1.54, 1.807) is 0 Å². The number of benzene rings is 12. The summed E-state index contributed by atoms with van der Waals surface area (Å²) < 4.78 is 2.53. The van der Waals surface area contributed by atoms with Crippen molar-refractivity contribution in [2.45, 2.75) is 0 Å². The first-order valence-electron chi connectivity index (χ1n) is 24.8. The number of para-hydroxylation sites is 3. The Bertz CT molecular complexity index is 4100. The van der Waals surface area contributed by atoms with Gasteiger partial charge in [-0.05, 0) is 122 Å². The molecule has 0 saturated carbocycles. The topological polar surface area (TPSA) is 11.4 Å². The second kappa shape index (κ2) is 17.0. The molecule has 0 fully saturated rings. The minimum Gasteiger partial charge on any atom is -0.310 e. The Hall–Kier alpha value is -9.22. The van der Waals surface area contributed by atoms with Crippen molar-refractivity contribution in [3.05, 3.63) is 285 Å². The van der Waals surface area contributed by atoms with Crippen LogP contribution in [0.15, 0.2) is 285 Å². The average molecular weight is 934 g/mol. The van der Waals surface area contributed by atoms with Gasteiger partial charge in [-0.3, -0.25) is 0 Å². The Kier molecular flexibility index (Phi) is 9.87. The summed E-state index contributed by atoms with van der Waals surface area (Å²) in [6, 6.07) is 106. The molecule has 0 saturated heterocycles. The van der Waals surface area contributed by atoms with Crippen LogP contribution in [0.3, 0.4) is 0 Å². The standard InChI is InChI=1S/C68H47N3Si/c1-6-27-50(28-7-1)69(61-40-20-25-48-23-16-18-37-57(48)61)53-43-44-59-60-39-22-42-63-67(60)68-64(71(63)52-31-10-3-11-32-52)45-54(70(51-29-8-2-9-30-51)62-41-21-26-49-24-17-19-38-58(49)62)47-66(68)72(65(59)46-53,55-33-12-4-13-34-55)56-35-14-5-15-36-56/h1-47H. The molecule has 0 amide bonds. The number of anilines is 6. The first-order valence-corrected chi connectivity index (χ1v) is 26.8. The van der Waals surface area contributed by atoms with E-state index in [9.17, 15) is 0 Å². The van der Waals surface area contributed by atoms with Crippen molar-refractivity contribution >= 4 is 106 Å². The first-order chi connectivity index (χ1) is 35.8. The van der Waals surface area contributed by atoms with E-state index in [4.69, 9.17) is 0 Å². The Morgan fingerprint density at radius 3 is 1.35 bits per heavy atom. The van der Waals surface area contributed by atoms with Crippen LogP contribution in [0.4, 0.5) is 34.1 Å². The van der Waals surface area contributed by atoms with Crippen molar-refractivity contribution in [2.75, 3.05) is 9.80 Å². The molecule has 12 aromatic carbocycles. The largest absolute Gasteiger partial charge is 0.310 e. The van der Waals surface area contributed by atoms with Crippen LogP contribution in [0.5, 0.6) is 0 Å². The molecule has 14 rings (SSSR count). The third-order valence-corrected chi connectivity index (χ3v) is 19.8. The van der Waals surface area contributed by atoms with Crippen LogP contribution in [-0.2, 0) is 0 Å². The van der Waals surface area contributed by atoms with Crippen LogP contribution in [0.1, 0.15) is 0 Å². The van der Waals surface area contributed by atoms with Gasteiger partial charge in [0.25, 0.3) is 0 Å². The van der Waals surface area contributed by atoms with E-state index < -0.39 is 8.07 Å². The predicted molar refractivity (Wildman–Crippen MR) is 308 cm³/mol. The van der Waals surface area contributed by atoms with Gasteiger partial charge in [0.15, 0.2) is 8.07 Å². The fraction of sp³-hybridized carbons (Fsp3) is 0. The smallest absolute Gasteiger partial charge is 0.181 e. The van der Waals surface area contributed by atoms with Gasteiger partial charge in [0.2, 0.25) is 0 Å². The Morgan fingerprint density at radius 1 is 0.292 bits per heavy atom. The fourth-order valence-corrected chi connectivity index (χ4v) is 17.2. The van der Waals surface area contributed by atoms with E-state index in [0.29, 0.717) is 0 Å². The van der Waals surface area contributed by atoms with Crippen LogP contribution >= 0.6 is 0 Å². The highest BCUT2D eigenvalue weighted by Crippen LogP contribution is 2.47. The third-order valence-electron chi connectivity index (χ3n) is 15.0. The molecule has 0 aliphatic carbocycles. The van der Waals surface area contributed by atoms with Crippen molar-refractivity contribution in [1.82, 2.24) is 4.57 Å². The van der Waals surface area contributed by atoms with Crippen LogP contribution in [0.25, 0.3) is 60.2 Å². The molecule has 0 radical (unpaired) electrons. The second-order valence-corrected chi connectivity index (χ2v) is 22.5. The van der Waals surface area contributed by atoms with Gasteiger partial charge in [0, 0.05) is 50.0 Å². The van der Waals surface area contributed by atoms with Gasteiger partial charge in [-0.2, -0.15) is 0 Å². The van der Waals surface area contributed by atoms with E-state index in [1.807, 2.05) is 0 Å². The van der Waals surface area contributed by atoms with Crippen LogP contribution < -0.4 is 30.5 Å². The summed E-state index contributed by atoms with van der Waals surface area (Å²) >= 11 is 0. The zero-order valence-corrected chi connectivity index (χ0v) is 40.5. The fourth-order valence-electron chi connectivity index (χ4n) is 12.0. The van der Waals surface area contributed by atoms with Crippen molar-refractivity contribution in [1.29, 1.82) is 0 Å². The van der Waals surface area contributed by atoms with Gasteiger partial charge in [0.05, 0.1) is 22.4 Å². The molecule has 2 heterocycles. The summed E-state index contributed by atoms with van der Waals surface area (Å²) in [5, 5.41) is 12.7. The monoisotopic (exact) mass is 933 g/mol. The molecule has 0 bridgehead atoms. The summed E-state index contributed by atoms with van der Waals surface area (Å²) in [5.74, 6) is 0. The summed E-state index contributed by atoms with van der Waals surface area (Å²) in [6.45, 7) is 0. The number of hydrogen-bond acceptors (Lipinski definition) is 2. The van der Waals surface area contributed by atoms with Gasteiger partial charge in [-0.15, -0.1) is 0 Å². The lowest BCUT2D eigenvalue weighted by atomic mass is 9.98. The van der Waals surface area contributed by atoms with Crippen LogP contribution in [0.2, 0.25) is 0 Å². The SMILES string of the molecule is c1ccc(N(c2ccc3c(c2)[Si](c2ccccc2)(c2ccccc2)c2cc(N(c4ccccc4)c4cccc5ccccc45)cc4c2c2c-3cccc2n4-c2ccccc2)c2cccc3ccccc23)cc1. The van der Waals surface area contributed by atoms with Gasteiger partial charge in [-0.25, -0.2) is 0 Å². The molecule has 0 spiro atoms. The van der Waals surface area contributed by atoms with Crippen molar-refractivity contribution < 1.29 is 0 Å². The van der Waals surface area contributed by atoms with Crippen LogP contribution in [-0.4, -0.2) is 12.6 Å². The third kappa shape index (κ3) is 6.43. The number of hydrogen-bond donors (Lipinski definition) is 0. The minimum atomic E-state index is -3.40. The van der Waals surface area contributed by atoms with Crippen molar-refractivity contribution in [3.63, 3.8) is 0 Å². The summed E-state index contributed by atoms with van der Waals surface area (Å²) in [6.07, 6.45) is 0. The molecule has 0 unspecified atom stereocenters. The average Bonchev–Trinajstić information content (AvgIpc) is 3.75. The van der Waals surface area contributed by atoms with Gasteiger partial charge in [-0.1, -0.05) is 206 Å². The second-order valence-electron chi connectivity index (χ2n) is 18.8. The van der Waals surface area contributed by atoms with E-state index in [0.717, 1.165) is 39.8 Å². The molecule has 4 heteroatoms. The Morgan fingerprint density at radius 2 is 0.764 bits per heavy atom. The highest BCUT2D eigenvalue weighted by Gasteiger charge is 2.47. The molecule has 1 aliphatic heterocycles. The molecular formula is C68H47N3Si. The highest BCUT2D eigenvalue weighted by molar-refractivity contribution is 7.21. The number of rotatable bonds is 9. The Labute approximate surface area is 420 Å². The first kappa shape index (κ1) is 41.7. The van der Waals surface area contributed by atoms with E-state index in [1.165, 1.54) is 75.2 Å². The van der Waals surface area contributed by atoms with Crippen molar-refractivity contribution in [3.8, 4) is 16.8 Å². The van der Waals surface area contributed by atoms with Gasteiger partial charge >= 0.3 is 0 Å². The molecule has 13 aromatic rings. The number of aromatic nitrogens is 1. The zero-order chi connectivity index (χ0) is 47.6. The number of fused-ring (bicyclic) bond motifs is 4. The predicted octanol–water partition coefficient (Wildman–Crippen LogP) is 15.4. The molecule has 1 aromatic heterocycles. The lowest BCUT2D eigenvalue weighted by Crippen LogP contribution is -2.75. The summed E-state index contributed by atoms with van der Waals surface area (Å²) in [4.78, 5) is 4.98. The van der Waals surface area contributed by atoms with E-state index in [2.05, 4.69) is 299 Å². The molecule has 338 valence electrons. The normalized spacial score (nSPS) is 12.6. The lowest BCUT2D eigenvalue weighted by Gasteiger charge is -2.38. The van der Waals surface area contributed by atoms with Gasteiger partial charge in [0.1, 0.15) is 0 Å². The maximum atomic E-state index is 2.59. The molecule has 0 atom stereocenters. The molecule has 0 N–H and O–H groups in total. The lowest BCUT2D eigenvalue weighted by molar-refractivity contribution is 1.18. The Balaban J connectivity index is 1.18. The zero-order valence-electron chi connectivity index (χ0n) is 39.5. The van der Waals surface area contributed by atoms with Crippen LogP contribution in [0, 0.1) is 0 Å². The summed E-state index contributed by atoms with van der Waals surface area (Å²) in [7, 11) is -3.40. The van der Waals surface area contributed by atoms with Crippen molar-refractivity contribution in [2.24, 2.45) is 0 Å². The summed E-state index contributed by atoms with van der Waals surface area (Å²) in [5.41, 5.74) is 12.7. The quantitative estimate of drug-likeness (QED) is 0.134. The molecule has 72 heavy (non-hydrogen) atoms. The number of nitrogens with zero attached hydrogens (tertiary/aromatic N) is 3.